The first kappa shape index (κ1) is 38.9. The molecule has 0 aromatic heterocycles. The first-order chi connectivity index (χ1) is 22.0. The average molecular weight is 667 g/mol. The van der Waals surface area contributed by atoms with E-state index >= 15 is 0 Å². The van der Waals surface area contributed by atoms with Gasteiger partial charge in [-0.05, 0) is 69.1 Å². The molecule has 4 rings (SSSR count). The SMILES string of the molecule is CCC1O[C@@H](O[C@H]2C(C(C)=O)O[C@@H](O[C@H]3C(CC)O[C@@H](O[C@H]4C(C(C)=O)OC(C)C(C)[C@@H]4C)C(C)[C@H]3C)C(C)[C@H]2C)C(C)[C@@H](C)[C@H]1C. The van der Waals surface area contributed by atoms with Gasteiger partial charge in [0.1, 0.15) is 12.2 Å². The molecule has 0 aromatic carbocycles. The van der Waals surface area contributed by atoms with Crippen LogP contribution in [0.25, 0.3) is 0 Å². The van der Waals surface area contributed by atoms with E-state index in [-0.39, 0.29) is 77.4 Å². The predicted octanol–water partition coefficient (Wildman–Crippen LogP) is 6.83. The Balaban J connectivity index is 1.47. The standard InChI is InChI=1S/C38H66O9/c1-15-29-19(5)17(3)23(9)36(42-29)46-33-22(8)25(11)38(47-35(33)27(13)40)44-31-21(7)24(10)37(43-30(31)16-2)45-32-20(6)18(4)28(14)41-34(32)26(12)39/h17-25,28-38H,15-16H2,1-14H3/t17-,18?,19+,20-,21+,22+,23?,24?,25?,28?,29?,30?,31+,32+,33+,34?,35?,36-,37-,38+/m0/s1. The highest BCUT2D eigenvalue weighted by molar-refractivity contribution is 5.81. The molecule has 0 aromatic rings. The van der Waals surface area contributed by atoms with Gasteiger partial charge in [-0.3, -0.25) is 9.59 Å². The summed E-state index contributed by atoms with van der Waals surface area (Å²) in [6.07, 6.45) is -2.48. The molecule has 0 amide bonds. The van der Waals surface area contributed by atoms with E-state index in [1.165, 1.54) is 0 Å². The van der Waals surface area contributed by atoms with Crippen LogP contribution in [0.15, 0.2) is 0 Å². The van der Waals surface area contributed by atoms with Crippen LogP contribution in [0.5, 0.6) is 0 Å². The molecule has 47 heavy (non-hydrogen) atoms. The van der Waals surface area contributed by atoms with Gasteiger partial charge in [0.15, 0.2) is 30.4 Å². The van der Waals surface area contributed by atoms with Gasteiger partial charge in [0, 0.05) is 17.8 Å². The lowest BCUT2D eigenvalue weighted by Crippen LogP contribution is -2.60. The van der Waals surface area contributed by atoms with Gasteiger partial charge in [-0.25, -0.2) is 0 Å². The highest BCUT2D eigenvalue weighted by atomic mass is 16.7. The van der Waals surface area contributed by atoms with E-state index in [1.54, 1.807) is 13.8 Å². The third kappa shape index (κ3) is 7.87. The zero-order chi connectivity index (χ0) is 35.1. The second-order valence-electron chi connectivity index (χ2n) is 15.8. The highest BCUT2D eigenvalue weighted by Crippen LogP contribution is 2.44. The summed E-state index contributed by atoms with van der Waals surface area (Å²) in [7, 11) is 0. The summed E-state index contributed by atoms with van der Waals surface area (Å²) in [4.78, 5) is 25.7. The average Bonchev–Trinajstić information content (AvgIpc) is 3.03. The maximum Gasteiger partial charge on any atom is 0.162 e. The Morgan fingerprint density at radius 2 is 0.830 bits per heavy atom. The lowest BCUT2D eigenvalue weighted by atomic mass is 9.78. The summed E-state index contributed by atoms with van der Waals surface area (Å²) < 4.78 is 46.0. The Kier molecular flexibility index (Phi) is 13.2. The van der Waals surface area contributed by atoms with E-state index in [2.05, 4.69) is 76.2 Å². The van der Waals surface area contributed by atoms with Crippen LogP contribution < -0.4 is 0 Å². The van der Waals surface area contributed by atoms with Gasteiger partial charge in [-0.1, -0.05) is 76.2 Å². The monoisotopic (exact) mass is 666 g/mol. The Bertz CT molecular complexity index is 1050. The quantitative estimate of drug-likeness (QED) is 0.249. The van der Waals surface area contributed by atoms with Crippen molar-refractivity contribution in [2.24, 2.45) is 53.3 Å². The van der Waals surface area contributed by atoms with Crippen LogP contribution in [-0.4, -0.2) is 79.3 Å². The topological polar surface area (TPSA) is 98.8 Å². The summed E-state index contributed by atoms with van der Waals surface area (Å²) >= 11 is 0. The number of carbonyl (C=O) groups excluding carboxylic acids is 2. The molecule has 20 atom stereocenters. The van der Waals surface area contributed by atoms with Gasteiger partial charge < -0.3 is 33.2 Å². The van der Waals surface area contributed by atoms with E-state index in [0.717, 1.165) is 6.42 Å². The smallest absolute Gasteiger partial charge is 0.162 e. The summed E-state index contributed by atoms with van der Waals surface area (Å²) in [5.41, 5.74) is 0. The Morgan fingerprint density at radius 3 is 1.32 bits per heavy atom. The molecule has 9 heteroatoms. The summed E-state index contributed by atoms with van der Waals surface area (Å²) in [5.74, 6) is 1.34. The van der Waals surface area contributed by atoms with E-state index in [0.29, 0.717) is 18.3 Å². The van der Waals surface area contributed by atoms with Gasteiger partial charge >= 0.3 is 0 Å². The Morgan fingerprint density at radius 1 is 0.447 bits per heavy atom. The Hall–Kier alpha value is -0.940. The molecule has 272 valence electrons. The minimum absolute atomic E-state index is 0.0118. The molecule has 0 bridgehead atoms. The van der Waals surface area contributed by atoms with Gasteiger partial charge in [0.2, 0.25) is 0 Å². The summed E-state index contributed by atoms with van der Waals surface area (Å²) in [6, 6.07) is 0. The fourth-order valence-corrected chi connectivity index (χ4v) is 8.33. The molecule has 4 heterocycles. The van der Waals surface area contributed by atoms with Crippen molar-refractivity contribution in [3.63, 3.8) is 0 Å². The van der Waals surface area contributed by atoms with Crippen LogP contribution >= 0.6 is 0 Å². The molecular weight excluding hydrogens is 600 g/mol. The van der Waals surface area contributed by atoms with Crippen molar-refractivity contribution in [3.05, 3.63) is 0 Å². The molecular formula is C38H66O9. The van der Waals surface area contributed by atoms with Crippen molar-refractivity contribution < 1.29 is 42.7 Å². The number of ether oxygens (including phenoxy) is 7. The third-order valence-corrected chi connectivity index (χ3v) is 13.0. The highest BCUT2D eigenvalue weighted by Gasteiger charge is 2.52. The first-order valence-corrected chi connectivity index (χ1v) is 18.6. The summed E-state index contributed by atoms with van der Waals surface area (Å²) in [5, 5.41) is 0. The molecule has 9 unspecified atom stereocenters. The largest absolute Gasteiger partial charge is 0.364 e. The van der Waals surface area contributed by atoms with E-state index < -0.39 is 43.3 Å². The van der Waals surface area contributed by atoms with Crippen molar-refractivity contribution in [2.75, 3.05) is 0 Å². The van der Waals surface area contributed by atoms with Crippen LogP contribution in [0.1, 0.15) is 110 Å². The normalized spacial score (nSPS) is 51.0. The zero-order valence-electron chi connectivity index (χ0n) is 31.6. The predicted molar refractivity (Wildman–Crippen MR) is 179 cm³/mol. The fourth-order valence-electron chi connectivity index (χ4n) is 8.33. The number of rotatable bonds is 10. The molecule has 4 fully saturated rings. The number of hydrogen-bond donors (Lipinski definition) is 0. The van der Waals surface area contributed by atoms with Gasteiger partial charge in [0.25, 0.3) is 0 Å². The van der Waals surface area contributed by atoms with Crippen molar-refractivity contribution in [3.8, 4) is 0 Å². The lowest BCUT2D eigenvalue weighted by molar-refractivity contribution is -0.350. The van der Waals surface area contributed by atoms with Crippen LogP contribution in [0.2, 0.25) is 0 Å². The third-order valence-electron chi connectivity index (χ3n) is 13.0. The van der Waals surface area contributed by atoms with E-state index in [1.807, 2.05) is 6.92 Å². The minimum Gasteiger partial charge on any atom is -0.364 e. The fraction of sp³-hybridized carbons (Fsp3) is 0.947. The molecule has 0 aliphatic carbocycles. The zero-order valence-corrected chi connectivity index (χ0v) is 31.6. The molecule has 4 saturated heterocycles. The Labute approximate surface area is 284 Å². The second kappa shape index (κ2) is 15.9. The van der Waals surface area contributed by atoms with Crippen LogP contribution in [0, 0.1) is 53.3 Å². The van der Waals surface area contributed by atoms with Crippen LogP contribution in [0.4, 0.5) is 0 Å². The number of hydrogen-bond acceptors (Lipinski definition) is 9. The molecule has 9 nitrogen and oxygen atoms in total. The maximum absolute atomic E-state index is 13.1. The minimum atomic E-state index is -0.759. The molecule has 4 aliphatic heterocycles. The maximum atomic E-state index is 13.1. The van der Waals surface area contributed by atoms with Gasteiger partial charge in [-0.15, -0.1) is 0 Å². The van der Waals surface area contributed by atoms with Gasteiger partial charge in [0.05, 0.1) is 36.6 Å². The number of carbonyl (C=O) groups is 2. The molecule has 4 aliphatic rings. The van der Waals surface area contributed by atoms with Crippen molar-refractivity contribution in [2.45, 2.75) is 177 Å². The molecule has 0 N–H and O–H groups in total. The number of Topliss-reactive ketones (excluding diaryl/α,β-unsaturated/α-hetero) is 2. The van der Waals surface area contributed by atoms with Crippen molar-refractivity contribution >= 4 is 11.6 Å². The van der Waals surface area contributed by atoms with Crippen LogP contribution in [0.3, 0.4) is 0 Å². The molecule has 0 saturated carbocycles. The van der Waals surface area contributed by atoms with Crippen molar-refractivity contribution in [1.82, 2.24) is 0 Å². The van der Waals surface area contributed by atoms with Crippen molar-refractivity contribution in [1.29, 1.82) is 0 Å². The number of ketones is 2. The first-order valence-electron chi connectivity index (χ1n) is 18.6. The molecule has 0 radical (unpaired) electrons. The molecule has 0 spiro atoms. The lowest BCUT2D eigenvalue weighted by Gasteiger charge is -2.51. The van der Waals surface area contributed by atoms with E-state index in [4.69, 9.17) is 33.2 Å². The van der Waals surface area contributed by atoms with E-state index in [9.17, 15) is 9.59 Å². The van der Waals surface area contributed by atoms with Gasteiger partial charge in [-0.2, -0.15) is 0 Å². The summed E-state index contributed by atoms with van der Waals surface area (Å²) in [6.45, 7) is 28.9. The van der Waals surface area contributed by atoms with Crippen LogP contribution in [-0.2, 0) is 42.7 Å². The second-order valence-corrected chi connectivity index (χ2v) is 15.8.